The molecule has 0 saturated carbocycles. The van der Waals surface area contributed by atoms with E-state index in [4.69, 9.17) is 19.4 Å². The minimum absolute atomic E-state index is 0.566. The van der Waals surface area contributed by atoms with Gasteiger partial charge in [0.15, 0.2) is 17.5 Å². The summed E-state index contributed by atoms with van der Waals surface area (Å²) in [6.07, 6.45) is 0. The monoisotopic (exact) mass is 829 g/mol. The lowest BCUT2D eigenvalue weighted by Crippen LogP contribution is -2.04. The van der Waals surface area contributed by atoms with Crippen molar-refractivity contribution in [2.75, 3.05) is 0 Å². The summed E-state index contributed by atoms with van der Waals surface area (Å²) in [5.41, 5.74) is 10.7. The van der Waals surface area contributed by atoms with Crippen LogP contribution in [-0.4, -0.2) is 24.1 Å². The lowest BCUT2D eigenvalue weighted by Gasteiger charge is -2.16. The summed E-state index contributed by atoms with van der Waals surface area (Å²) in [5, 5.41) is 11.3. The predicted molar refractivity (Wildman–Crippen MR) is 267 cm³/mol. The van der Waals surface area contributed by atoms with E-state index in [0.29, 0.717) is 17.5 Å². The number of rotatable bonds is 5. The highest BCUT2D eigenvalue weighted by atomic mass is 16.3. The van der Waals surface area contributed by atoms with Gasteiger partial charge in [-0.05, 0) is 88.3 Å². The smallest absolute Gasteiger partial charge is 0.166 e. The predicted octanol–water partition coefficient (Wildman–Crippen LogP) is 15.3. The summed E-state index contributed by atoms with van der Waals surface area (Å²) in [6.45, 7) is 0. The Morgan fingerprint density at radius 3 is 1.66 bits per heavy atom. The zero-order chi connectivity index (χ0) is 42.6. The van der Waals surface area contributed by atoms with Crippen molar-refractivity contribution < 1.29 is 4.42 Å². The van der Waals surface area contributed by atoms with Crippen LogP contribution in [0, 0.1) is 0 Å². The number of fused-ring (bicyclic) bond motifs is 11. The Hall–Kier alpha value is -8.87. The summed E-state index contributed by atoms with van der Waals surface area (Å²) in [4.78, 5) is 16.3. The van der Waals surface area contributed by atoms with Crippen LogP contribution in [0.15, 0.2) is 217 Å². The van der Waals surface area contributed by atoms with Gasteiger partial charge in [0, 0.05) is 49.3 Å². The molecule has 6 nitrogen and oxygen atoms in total. The van der Waals surface area contributed by atoms with Crippen molar-refractivity contribution in [3.63, 3.8) is 0 Å². The first kappa shape index (κ1) is 35.7. The van der Waals surface area contributed by atoms with Gasteiger partial charge in [0.25, 0.3) is 0 Å². The number of nitrogens with zero attached hydrogens (tertiary/aromatic N) is 5. The van der Waals surface area contributed by atoms with E-state index in [1.165, 1.54) is 26.9 Å². The molecule has 0 fully saturated rings. The zero-order valence-corrected chi connectivity index (χ0v) is 34.9. The normalized spacial score (nSPS) is 12.0. The Bertz CT molecular complexity index is 4250. The topological polar surface area (TPSA) is 61.7 Å². The van der Waals surface area contributed by atoms with Gasteiger partial charge in [0.1, 0.15) is 11.2 Å². The summed E-state index contributed by atoms with van der Waals surface area (Å²) in [7, 11) is 0. The highest BCUT2D eigenvalue weighted by Gasteiger charge is 2.25. The molecule has 0 unspecified atom stereocenters. The number of hydrogen-bond donors (Lipinski definition) is 0. The Morgan fingerprint density at radius 2 is 0.877 bits per heavy atom. The third-order valence-electron chi connectivity index (χ3n) is 13.1. The average Bonchev–Trinajstić information content (AvgIpc) is 4.02. The van der Waals surface area contributed by atoms with E-state index in [1.54, 1.807) is 0 Å². The van der Waals surface area contributed by atoms with Crippen LogP contribution in [0.4, 0.5) is 0 Å². The molecule has 0 radical (unpaired) electrons. The summed E-state index contributed by atoms with van der Waals surface area (Å²) < 4.78 is 11.4. The van der Waals surface area contributed by atoms with Gasteiger partial charge in [0.2, 0.25) is 0 Å². The second kappa shape index (κ2) is 13.8. The molecular weight excluding hydrogens is 795 g/mol. The minimum Gasteiger partial charge on any atom is -0.456 e. The van der Waals surface area contributed by atoms with E-state index in [9.17, 15) is 0 Å². The lowest BCUT2D eigenvalue weighted by atomic mass is 10.0. The molecule has 0 bridgehead atoms. The molecule has 14 rings (SSSR count). The fraction of sp³-hybridized carbons (Fsp3) is 0. The molecule has 4 aromatic heterocycles. The molecule has 0 amide bonds. The molecule has 14 aromatic rings. The Morgan fingerprint density at radius 1 is 0.323 bits per heavy atom. The second-order valence-electron chi connectivity index (χ2n) is 16.8. The first-order valence-corrected chi connectivity index (χ1v) is 21.9. The summed E-state index contributed by atoms with van der Waals surface area (Å²) >= 11 is 0. The van der Waals surface area contributed by atoms with Crippen molar-refractivity contribution in [1.29, 1.82) is 0 Å². The summed E-state index contributed by atoms with van der Waals surface area (Å²) in [5.74, 6) is 1.74. The molecule has 6 heteroatoms. The molecule has 302 valence electrons. The van der Waals surface area contributed by atoms with Crippen LogP contribution < -0.4 is 0 Å². The van der Waals surface area contributed by atoms with Crippen molar-refractivity contribution in [1.82, 2.24) is 24.1 Å². The van der Waals surface area contributed by atoms with Crippen LogP contribution in [0.1, 0.15) is 0 Å². The van der Waals surface area contributed by atoms with Gasteiger partial charge in [-0.1, -0.05) is 146 Å². The van der Waals surface area contributed by atoms with Crippen molar-refractivity contribution in [3.05, 3.63) is 212 Å². The van der Waals surface area contributed by atoms with Gasteiger partial charge in [-0.25, -0.2) is 15.0 Å². The molecule has 0 atom stereocenters. The van der Waals surface area contributed by atoms with Crippen LogP contribution in [-0.2, 0) is 0 Å². The van der Waals surface area contributed by atoms with E-state index >= 15 is 0 Å². The van der Waals surface area contributed by atoms with Gasteiger partial charge < -0.3 is 13.6 Å². The summed E-state index contributed by atoms with van der Waals surface area (Å²) in [6, 6.07) is 75.0. The zero-order valence-electron chi connectivity index (χ0n) is 34.9. The lowest BCUT2D eigenvalue weighted by molar-refractivity contribution is 0.669. The standard InChI is InChI=1S/C59H35N5O/c1-2-18-42(19-3-1)63-49-23-11-8-20-43(49)45-29-28-41(35-51(45)63)58-60-57(40-27-26-36-14-4-5-15-37(36)32-40)61-59(62-58)47-30-31-54-55(46-22-10-13-25-53(46)65-54)56(47)64-50-24-12-9-21-44(50)48-33-38-16-6-7-17-39(38)34-52(48)64/h1-35H. The largest absolute Gasteiger partial charge is 0.456 e. The molecular formula is C59H35N5O. The molecule has 65 heavy (non-hydrogen) atoms. The Kier molecular flexibility index (Phi) is 7.59. The average molecular weight is 830 g/mol. The molecule has 0 N–H and O–H groups in total. The van der Waals surface area contributed by atoms with Crippen molar-refractivity contribution in [3.8, 4) is 45.5 Å². The fourth-order valence-corrected chi connectivity index (χ4v) is 10.2. The first-order chi connectivity index (χ1) is 32.2. The molecule has 0 saturated heterocycles. The maximum absolute atomic E-state index is 6.65. The molecule has 0 spiro atoms. The SMILES string of the molecule is c1ccc(-n2c3ccccc3c3ccc(-c4nc(-c5ccc6ccccc6c5)nc(-c5ccc6oc7ccccc7c6c5-n5c6ccccc6c6cc7ccccc7cc65)n4)cc32)cc1. The number of benzene rings is 10. The second-order valence-corrected chi connectivity index (χ2v) is 16.8. The van der Waals surface area contributed by atoms with Crippen LogP contribution in [0.5, 0.6) is 0 Å². The quantitative estimate of drug-likeness (QED) is 0.173. The Labute approximate surface area is 371 Å². The molecule has 4 heterocycles. The van der Waals surface area contributed by atoms with Gasteiger partial charge in [-0.2, -0.15) is 0 Å². The fourth-order valence-electron chi connectivity index (χ4n) is 10.2. The van der Waals surface area contributed by atoms with Crippen molar-refractivity contribution in [2.45, 2.75) is 0 Å². The Balaban J connectivity index is 1.10. The number of aromatic nitrogens is 5. The third kappa shape index (κ3) is 5.44. The number of hydrogen-bond acceptors (Lipinski definition) is 4. The molecule has 0 aliphatic heterocycles. The molecule has 10 aromatic carbocycles. The van der Waals surface area contributed by atoms with E-state index < -0.39 is 0 Å². The minimum atomic E-state index is 0.566. The highest BCUT2D eigenvalue weighted by molar-refractivity contribution is 6.18. The maximum atomic E-state index is 6.65. The van der Waals surface area contributed by atoms with Crippen molar-refractivity contribution in [2.24, 2.45) is 0 Å². The van der Waals surface area contributed by atoms with E-state index in [-0.39, 0.29) is 0 Å². The number of para-hydroxylation sites is 4. The molecule has 0 aliphatic carbocycles. The van der Waals surface area contributed by atoms with Gasteiger partial charge in [-0.3, -0.25) is 0 Å². The first-order valence-electron chi connectivity index (χ1n) is 21.9. The van der Waals surface area contributed by atoms with Crippen molar-refractivity contribution >= 4 is 87.1 Å². The highest BCUT2D eigenvalue weighted by Crippen LogP contribution is 2.44. The third-order valence-corrected chi connectivity index (χ3v) is 13.1. The molecule has 0 aliphatic rings. The van der Waals surface area contributed by atoms with E-state index in [0.717, 1.165) is 88.2 Å². The number of furan rings is 1. The van der Waals surface area contributed by atoms with Crippen LogP contribution in [0.25, 0.3) is 133 Å². The maximum Gasteiger partial charge on any atom is 0.166 e. The van der Waals surface area contributed by atoms with Crippen LogP contribution in [0.2, 0.25) is 0 Å². The van der Waals surface area contributed by atoms with Crippen LogP contribution in [0.3, 0.4) is 0 Å². The van der Waals surface area contributed by atoms with E-state index in [2.05, 4.69) is 209 Å². The van der Waals surface area contributed by atoms with Gasteiger partial charge in [-0.15, -0.1) is 0 Å². The van der Waals surface area contributed by atoms with Gasteiger partial charge in [0.05, 0.1) is 33.1 Å². The van der Waals surface area contributed by atoms with E-state index in [1.807, 2.05) is 12.1 Å². The van der Waals surface area contributed by atoms with Gasteiger partial charge >= 0.3 is 0 Å². The van der Waals surface area contributed by atoms with Crippen LogP contribution >= 0.6 is 0 Å².